The Morgan fingerprint density at radius 3 is 1.85 bits per heavy atom. The number of carboxylic acids is 1. The van der Waals surface area contributed by atoms with Gasteiger partial charge in [-0.3, -0.25) is 4.79 Å². The van der Waals surface area contributed by atoms with Crippen molar-refractivity contribution in [2.75, 3.05) is 19.5 Å². The fourth-order valence-corrected chi connectivity index (χ4v) is 5.00. The molecule has 4 aromatic rings. The maximum Gasteiger partial charge on any atom is 0.422 e. The minimum atomic E-state index is -5.07. The Morgan fingerprint density at radius 1 is 0.812 bits per heavy atom. The van der Waals surface area contributed by atoms with Crippen molar-refractivity contribution < 1.29 is 52.0 Å². The molecule has 0 bridgehead atoms. The zero-order valence-electron chi connectivity index (χ0n) is 25.3. The first-order chi connectivity index (χ1) is 22.5. The SMILES string of the molecule is COC(=O)c1cccc(C(=O)Nc2ccc(C(C)C(O)(c3ccnc(Cl)c3)C(F)(F)F)c(Cl)c2)c1.COC(=O)c1cccc(C(=O)O)c1. The lowest BCUT2D eigenvalue weighted by atomic mass is 9.78. The van der Waals surface area contributed by atoms with E-state index in [-0.39, 0.29) is 43.7 Å². The molecule has 15 heteroatoms. The molecular weight excluding hydrogens is 680 g/mol. The molecular formula is C33H27Cl2F3N2O8. The number of alkyl halides is 3. The molecule has 1 aromatic heterocycles. The number of nitrogens with one attached hydrogen (secondary N) is 1. The van der Waals surface area contributed by atoms with Crippen molar-refractivity contribution in [1.29, 1.82) is 0 Å². The fourth-order valence-electron chi connectivity index (χ4n) is 4.49. The summed E-state index contributed by atoms with van der Waals surface area (Å²) in [5.41, 5.74) is -2.98. The van der Waals surface area contributed by atoms with Crippen LogP contribution in [0.5, 0.6) is 0 Å². The molecule has 0 saturated carbocycles. The van der Waals surface area contributed by atoms with Crippen LogP contribution in [-0.4, -0.2) is 59.4 Å². The van der Waals surface area contributed by atoms with E-state index >= 15 is 0 Å². The number of hydrogen-bond acceptors (Lipinski definition) is 8. The number of rotatable bonds is 8. The Kier molecular flexibility index (Phi) is 12.3. The third-order valence-corrected chi connectivity index (χ3v) is 7.56. The topological polar surface area (TPSA) is 152 Å². The Hall–Kier alpha value is -4.98. The number of anilines is 1. The molecule has 2 unspecified atom stereocenters. The van der Waals surface area contributed by atoms with E-state index in [1.165, 1.54) is 87.9 Å². The van der Waals surface area contributed by atoms with Gasteiger partial charge in [-0.05, 0) is 71.8 Å². The summed E-state index contributed by atoms with van der Waals surface area (Å²) in [6.07, 6.45) is -4.01. The average molecular weight is 707 g/mol. The Labute approximate surface area is 282 Å². The number of halogens is 5. The number of carbonyl (C=O) groups excluding carboxylic acids is 3. The van der Waals surface area contributed by atoms with E-state index in [1.807, 2.05) is 0 Å². The molecule has 4 rings (SSSR count). The highest BCUT2D eigenvalue weighted by Gasteiger charge is 2.59. The predicted octanol–water partition coefficient (Wildman–Crippen LogP) is 7.15. The molecule has 2 atom stereocenters. The first-order valence-corrected chi connectivity index (χ1v) is 14.4. The molecule has 0 aliphatic carbocycles. The van der Waals surface area contributed by atoms with Crippen molar-refractivity contribution in [2.45, 2.75) is 24.6 Å². The minimum absolute atomic E-state index is 0.00915. The van der Waals surface area contributed by atoms with E-state index in [2.05, 4.69) is 19.8 Å². The predicted molar refractivity (Wildman–Crippen MR) is 170 cm³/mol. The van der Waals surface area contributed by atoms with E-state index in [0.717, 1.165) is 18.3 Å². The third-order valence-electron chi connectivity index (χ3n) is 7.03. The number of methoxy groups -OCH3 is 2. The van der Waals surface area contributed by atoms with Gasteiger partial charge in [-0.2, -0.15) is 13.2 Å². The highest BCUT2D eigenvalue weighted by molar-refractivity contribution is 6.32. The normalized spacial score (nSPS) is 12.8. The molecule has 0 radical (unpaired) electrons. The number of pyridine rings is 1. The van der Waals surface area contributed by atoms with Gasteiger partial charge >= 0.3 is 24.1 Å². The second-order valence-electron chi connectivity index (χ2n) is 9.99. The standard InChI is InChI=1S/C24H19Cl2F3N2O4.C9H8O4/c1-13(23(34,24(27,28)29)16-8-9-30-20(26)11-16)18-7-6-17(12-19(18)25)31-21(32)14-4-3-5-15(10-14)22(33)35-2;1-13-9(12)7-4-2-3-6(5-7)8(10)11/h3-13,34H,1-2H3,(H,31,32);2-5H,1H3,(H,10,11). The average Bonchev–Trinajstić information content (AvgIpc) is 3.06. The van der Waals surface area contributed by atoms with Gasteiger partial charge in [0.15, 0.2) is 5.60 Å². The molecule has 1 amide bonds. The Balaban J connectivity index is 0.000000402. The number of nitrogens with zero attached hydrogens (tertiary/aromatic N) is 1. The number of hydrogen-bond donors (Lipinski definition) is 3. The van der Waals surface area contributed by atoms with Crippen LogP contribution in [0.4, 0.5) is 18.9 Å². The quantitative estimate of drug-likeness (QED) is 0.128. The van der Waals surface area contributed by atoms with Gasteiger partial charge in [-0.15, -0.1) is 0 Å². The van der Waals surface area contributed by atoms with Crippen LogP contribution in [-0.2, 0) is 15.1 Å². The lowest BCUT2D eigenvalue weighted by Crippen LogP contribution is -2.46. The molecule has 3 aromatic carbocycles. The molecule has 3 N–H and O–H groups in total. The van der Waals surface area contributed by atoms with E-state index in [1.54, 1.807) is 0 Å². The van der Waals surface area contributed by atoms with Crippen LogP contribution in [0.15, 0.2) is 85.1 Å². The zero-order valence-corrected chi connectivity index (χ0v) is 26.9. The summed E-state index contributed by atoms with van der Waals surface area (Å²) in [6.45, 7) is 1.18. The molecule has 0 aliphatic rings. The zero-order chi connectivity index (χ0) is 35.8. The summed E-state index contributed by atoms with van der Waals surface area (Å²) in [7, 11) is 2.46. The van der Waals surface area contributed by atoms with Gasteiger partial charge in [-0.1, -0.05) is 48.3 Å². The summed E-state index contributed by atoms with van der Waals surface area (Å²) in [4.78, 5) is 49.4. The van der Waals surface area contributed by atoms with Crippen LogP contribution in [0.1, 0.15) is 65.4 Å². The van der Waals surface area contributed by atoms with Gasteiger partial charge < -0.3 is 25.0 Å². The second kappa shape index (κ2) is 15.7. The maximum absolute atomic E-state index is 14.1. The lowest BCUT2D eigenvalue weighted by molar-refractivity contribution is -0.274. The largest absolute Gasteiger partial charge is 0.478 e. The van der Waals surface area contributed by atoms with Crippen LogP contribution in [0.25, 0.3) is 0 Å². The third kappa shape index (κ3) is 8.68. The van der Waals surface area contributed by atoms with E-state index in [4.69, 9.17) is 28.3 Å². The molecule has 0 aliphatic heterocycles. The summed E-state index contributed by atoms with van der Waals surface area (Å²) in [5.74, 6) is -4.34. The number of aromatic carboxylic acids is 1. The smallest absolute Gasteiger partial charge is 0.422 e. The molecule has 0 saturated heterocycles. The minimum Gasteiger partial charge on any atom is -0.478 e. The summed E-state index contributed by atoms with van der Waals surface area (Å²) in [6, 6.07) is 17.4. The first-order valence-electron chi connectivity index (χ1n) is 13.6. The Morgan fingerprint density at radius 2 is 1.35 bits per heavy atom. The van der Waals surface area contributed by atoms with E-state index in [0.29, 0.717) is 0 Å². The summed E-state index contributed by atoms with van der Waals surface area (Å²) >= 11 is 12.0. The van der Waals surface area contributed by atoms with Crippen LogP contribution in [0.2, 0.25) is 10.2 Å². The summed E-state index contributed by atoms with van der Waals surface area (Å²) < 4.78 is 51.4. The fraction of sp³-hybridized carbons (Fsp3) is 0.182. The maximum atomic E-state index is 14.1. The van der Waals surface area contributed by atoms with Gasteiger partial charge in [0.25, 0.3) is 5.91 Å². The van der Waals surface area contributed by atoms with Gasteiger partial charge in [-0.25, -0.2) is 19.4 Å². The highest BCUT2D eigenvalue weighted by atomic mass is 35.5. The van der Waals surface area contributed by atoms with Crippen LogP contribution in [0, 0.1) is 0 Å². The van der Waals surface area contributed by atoms with Crippen LogP contribution >= 0.6 is 23.2 Å². The van der Waals surface area contributed by atoms with Crippen molar-refractivity contribution in [3.63, 3.8) is 0 Å². The molecule has 0 fully saturated rings. The van der Waals surface area contributed by atoms with Gasteiger partial charge in [0, 0.05) is 28.4 Å². The van der Waals surface area contributed by atoms with Gasteiger partial charge in [0.1, 0.15) is 5.15 Å². The van der Waals surface area contributed by atoms with E-state index < -0.39 is 47.1 Å². The second-order valence-corrected chi connectivity index (χ2v) is 10.8. The number of benzene rings is 3. The number of carbonyl (C=O) groups is 4. The highest BCUT2D eigenvalue weighted by Crippen LogP contribution is 2.50. The monoisotopic (exact) mass is 706 g/mol. The van der Waals surface area contributed by atoms with E-state index in [9.17, 15) is 37.5 Å². The Bertz CT molecular complexity index is 1840. The number of aliphatic hydroxyl groups is 1. The molecule has 10 nitrogen and oxygen atoms in total. The molecule has 0 spiro atoms. The van der Waals surface area contributed by atoms with Gasteiger partial charge in [0.2, 0.25) is 0 Å². The lowest BCUT2D eigenvalue weighted by Gasteiger charge is -2.37. The number of ether oxygens (including phenoxy) is 2. The molecule has 1 heterocycles. The van der Waals surface area contributed by atoms with Crippen molar-refractivity contribution >= 4 is 52.7 Å². The number of carboxylic acid groups (broad SMARTS) is 1. The number of amides is 1. The van der Waals surface area contributed by atoms with Crippen LogP contribution in [0.3, 0.4) is 0 Å². The number of aromatic nitrogens is 1. The first kappa shape index (κ1) is 37.5. The van der Waals surface area contributed by atoms with Gasteiger partial charge in [0.05, 0.1) is 30.9 Å². The number of esters is 2. The van der Waals surface area contributed by atoms with Crippen molar-refractivity contribution in [3.8, 4) is 0 Å². The molecule has 252 valence electrons. The van der Waals surface area contributed by atoms with Crippen molar-refractivity contribution in [2.24, 2.45) is 0 Å². The van der Waals surface area contributed by atoms with Crippen molar-refractivity contribution in [1.82, 2.24) is 4.98 Å². The summed E-state index contributed by atoms with van der Waals surface area (Å²) in [5, 5.41) is 21.7. The van der Waals surface area contributed by atoms with Crippen molar-refractivity contribution in [3.05, 3.63) is 129 Å². The van der Waals surface area contributed by atoms with Crippen LogP contribution < -0.4 is 5.32 Å². The molecule has 48 heavy (non-hydrogen) atoms.